The maximum absolute atomic E-state index is 13.1. The molecule has 1 aliphatic rings. The second-order valence-electron chi connectivity index (χ2n) is 8.01. The van der Waals surface area contributed by atoms with Crippen molar-refractivity contribution in [3.63, 3.8) is 0 Å². The molecule has 1 fully saturated rings. The first kappa shape index (κ1) is 22.9. The van der Waals surface area contributed by atoms with E-state index in [0.29, 0.717) is 0 Å². The molecular weight excluding hydrogens is 428 g/mol. The average molecular weight is 457 g/mol. The van der Waals surface area contributed by atoms with Crippen LogP contribution in [0.25, 0.3) is 11.2 Å². The van der Waals surface area contributed by atoms with Gasteiger partial charge in [-0.05, 0) is 24.0 Å². The Morgan fingerprint density at radius 2 is 2.00 bits per heavy atom. The number of aromatic nitrogens is 4. The Balaban J connectivity index is 1.61. The van der Waals surface area contributed by atoms with E-state index in [1.165, 1.54) is 10.9 Å². The highest BCUT2D eigenvalue weighted by molar-refractivity contribution is 5.92. The van der Waals surface area contributed by atoms with E-state index in [0.717, 1.165) is 34.2 Å². The van der Waals surface area contributed by atoms with Crippen molar-refractivity contribution in [2.75, 3.05) is 17.7 Å². The molecule has 1 aromatic carbocycles. The number of amides is 1. The summed E-state index contributed by atoms with van der Waals surface area (Å²) in [6, 6.07) is 5.87. The number of aliphatic hydroxyl groups excluding tert-OH is 2. The number of carbonyl (C=O) groups excluding carboxylic acids is 1. The summed E-state index contributed by atoms with van der Waals surface area (Å²) in [6.45, 7) is 3.38. The van der Waals surface area contributed by atoms with Crippen molar-refractivity contribution in [1.29, 1.82) is 0 Å². The van der Waals surface area contributed by atoms with Crippen molar-refractivity contribution < 1.29 is 19.7 Å². The number of nitrogens with two attached hydrogens (primary N) is 1. The monoisotopic (exact) mass is 456 g/mol. The first-order valence-electron chi connectivity index (χ1n) is 11.0. The lowest BCUT2D eigenvalue weighted by Gasteiger charge is -2.16. The molecule has 3 aromatic rings. The third kappa shape index (κ3) is 4.22. The second kappa shape index (κ2) is 9.30. The van der Waals surface area contributed by atoms with Gasteiger partial charge in [-0.25, -0.2) is 4.98 Å². The molecule has 0 spiro atoms. The fourth-order valence-electron chi connectivity index (χ4n) is 4.16. The van der Waals surface area contributed by atoms with Gasteiger partial charge in [0.05, 0.1) is 19.0 Å². The highest BCUT2D eigenvalue weighted by Crippen LogP contribution is 2.30. The topological polar surface area (TPSA) is 158 Å². The maximum atomic E-state index is 13.1. The third-order valence-electron chi connectivity index (χ3n) is 5.97. The Kier molecular flexibility index (Phi) is 6.45. The summed E-state index contributed by atoms with van der Waals surface area (Å²) in [7, 11) is 0. The van der Waals surface area contributed by atoms with Crippen molar-refractivity contribution in [3.05, 3.63) is 46.0 Å². The molecule has 33 heavy (non-hydrogen) atoms. The number of nitrogen functional groups attached to an aromatic ring is 1. The first-order valence-corrected chi connectivity index (χ1v) is 11.0. The quantitative estimate of drug-likeness (QED) is 0.402. The summed E-state index contributed by atoms with van der Waals surface area (Å²) in [6.07, 6.45) is 0.874. The van der Waals surface area contributed by atoms with Gasteiger partial charge in [-0.2, -0.15) is 4.98 Å². The number of hydrogen-bond acceptors (Lipinski definition) is 8. The van der Waals surface area contributed by atoms with Gasteiger partial charge in [0.25, 0.3) is 5.56 Å². The van der Waals surface area contributed by atoms with Crippen LogP contribution >= 0.6 is 0 Å². The minimum absolute atomic E-state index is 0.0331. The van der Waals surface area contributed by atoms with Crippen LogP contribution in [-0.2, 0) is 28.9 Å². The minimum atomic E-state index is -0.849. The van der Waals surface area contributed by atoms with Gasteiger partial charge < -0.3 is 26.0 Å². The molecule has 0 unspecified atom stereocenters. The predicted octanol–water partition coefficient (Wildman–Crippen LogP) is 0.579. The third-order valence-corrected chi connectivity index (χ3v) is 5.97. The molecule has 11 nitrogen and oxygen atoms in total. The zero-order valence-corrected chi connectivity index (χ0v) is 18.6. The Morgan fingerprint density at radius 1 is 1.30 bits per heavy atom. The van der Waals surface area contributed by atoms with Gasteiger partial charge in [0.2, 0.25) is 11.9 Å². The zero-order valence-electron chi connectivity index (χ0n) is 18.6. The largest absolute Gasteiger partial charge is 0.394 e. The van der Waals surface area contributed by atoms with Crippen LogP contribution in [0.1, 0.15) is 37.6 Å². The van der Waals surface area contributed by atoms with Crippen LogP contribution in [0.5, 0.6) is 0 Å². The van der Waals surface area contributed by atoms with E-state index in [4.69, 9.17) is 10.5 Å². The Morgan fingerprint density at radius 3 is 2.61 bits per heavy atom. The number of aryl methyl sites for hydroxylation is 2. The molecule has 0 bridgehead atoms. The summed E-state index contributed by atoms with van der Waals surface area (Å²) in [5, 5.41) is 22.2. The van der Waals surface area contributed by atoms with Crippen molar-refractivity contribution >= 4 is 28.7 Å². The van der Waals surface area contributed by atoms with E-state index in [1.807, 2.05) is 32.0 Å². The molecule has 0 radical (unpaired) electrons. The average Bonchev–Trinajstić information content (AvgIpc) is 3.39. The maximum Gasteiger partial charge on any atom is 0.283 e. The summed E-state index contributed by atoms with van der Waals surface area (Å²) in [5.41, 5.74) is 8.50. The van der Waals surface area contributed by atoms with Gasteiger partial charge in [0, 0.05) is 12.1 Å². The van der Waals surface area contributed by atoms with Crippen LogP contribution < -0.4 is 16.6 Å². The zero-order chi connectivity index (χ0) is 23.7. The Bertz CT molecular complexity index is 1210. The van der Waals surface area contributed by atoms with Crippen LogP contribution in [0, 0.1) is 0 Å². The van der Waals surface area contributed by atoms with E-state index >= 15 is 0 Å². The van der Waals surface area contributed by atoms with Gasteiger partial charge in [-0.3, -0.25) is 18.7 Å². The van der Waals surface area contributed by atoms with Crippen LogP contribution in [0.4, 0.5) is 11.6 Å². The minimum Gasteiger partial charge on any atom is -0.394 e. The fourth-order valence-corrected chi connectivity index (χ4v) is 4.16. The van der Waals surface area contributed by atoms with Crippen LogP contribution in [0.15, 0.2) is 29.3 Å². The molecule has 1 aliphatic heterocycles. The van der Waals surface area contributed by atoms with Gasteiger partial charge in [-0.1, -0.05) is 32.0 Å². The van der Waals surface area contributed by atoms with E-state index in [-0.39, 0.29) is 36.7 Å². The molecular formula is C22H28N6O5. The van der Waals surface area contributed by atoms with E-state index in [1.54, 1.807) is 0 Å². The molecule has 11 heteroatoms. The van der Waals surface area contributed by atoms with Crippen LogP contribution in [0.2, 0.25) is 0 Å². The first-order chi connectivity index (χ1) is 15.9. The number of ether oxygens (including phenoxy) is 1. The molecule has 3 heterocycles. The lowest BCUT2D eigenvalue weighted by atomic mass is 10.0. The highest BCUT2D eigenvalue weighted by atomic mass is 16.5. The van der Waals surface area contributed by atoms with Gasteiger partial charge in [0.15, 0.2) is 11.2 Å². The molecule has 4 rings (SSSR count). The van der Waals surface area contributed by atoms with Gasteiger partial charge in [-0.15, -0.1) is 0 Å². The highest BCUT2D eigenvalue weighted by Gasteiger charge is 2.35. The molecule has 2 aromatic heterocycles. The number of nitrogens with one attached hydrogen (secondary N) is 1. The predicted molar refractivity (Wildman–Crippen MR) is 122 cm³/mol. The number of carbonyl (C=O) groups is 1. The number of fused-ring (bicyclic) bond motifs is 1. The van der Waals surface area contributed by atoms with E-state index in [9.17, 15) is 19.8 Å². The van der Waals surface area contributed by atoms with Crippen LogP contribution in [-0.4, -0.2) is 54.0 Å². The van der Waals surface area contributed by atoms with Crippen LogP contribution in [0.3, 0.4) is 0 Å². The molecule has 176 valence electrons. The number of rotatable bonds is 7. The summed E-state index contributed by atoms with van der Waals surface area (Å²) >= 11 is 0. The number of para-hydroxylation sites is 1. The summed E-state index contributed by atoms with van der Waals surface area (Å²) in [4.78, 5) is 34.3. The fraction of sp³-hybridized carbons (Fsp3) is 0.455. The molecule has 5 N–H and O–H groups in total. The lowest BCUT2D eigenvalue weighted by Crippen LogP contribution is -2.31. The Labute approximate surface area is 189 Å². The Hall–Kier alpha value is -3.28. The summed E-state index contributed by atoms with van der Waals surface area (Å²) in [5.74, 6) is -0.533. The van der Waals surface area contributed by atoms with E-state index < -0.39 is 29.9 Å². The number of nitrogens with zero attached hydrogens (tertiary/aromatic N) is 4. The second-order valence-corrected chi connectivity index (χ2v) is 8.01. The van der Waals surface area contributed by atoms with Crippen molar-refractivity contribution in [2.45, 2.75) is 58.1 Å². The van der Waals surface area contributed by atoms with Crippen molar-refractivity contribution in [1.82, 2.24) is 19.1 Å². The van der Waals surface area contributed by atoms with E-state index in [2.05, 4.69) is 15.3 Å². The standard InChI is InChI=1S/C22H28N6O5/c1-3-12-6-5-7-13(4-2)18(12)25-16(31)9-27-21(32)19-20(26-22(27)23)28(11-24-19)17-8-14(30)15(10-29)33-17/h5-7,11,14-15,17,29-30H,3-4,8-10H2,1-2H3,(H2,23,26)(H,25,31)/t14-,15+,17+/m0/s1. The lowest BCUT2D eigenvalue weighted by molar-refractivity contribution is -0.116. The SMILES string of the molecule is CCc1cccc(CC)c1NC(=O)Cn1c(N)nc2c(ncn2[C@H]2C[C@H](O)[C@@H](CO)O2)c1=O. The molecule has 1 saturated heterocycles. The summed E-state index contributed by atoms with van der Waals surface area (Å²) < 4.78 is 8.21. The number of aliphatic hydroxyl groups is 2. The molecule has 0 aliphatic carbocycles. The number of hydrogen-bond donors (Lipinski definition) is 4. The van der Waals surface area contributed by atoms with Crippen molar-refractivity contribution in [3.8, 4) is 0 Å². The van der Waals surface area contributed by atoms with Crippen molar-refractivity contribution in [2.24, 2.45) is 0 Å². The smallest absolute Gasteiger partial charge is 0.283 e. The number of anilines is 2. The molecule has 1 amide bonds. The number of benzene rings is 1. The van der Waals surface area contributed by atoms with Gasteiger partial charge in [0.1, 0.15) is 18.9 Å². The normalized spacial score (nSPS) is 20.4. The molecule has 3 atom stereocenters. The number of imidazole rings is 1. The van der Waals surface area contributed by atoms with Gasteiger partial charge >= 0.3 is 0 Å². The molecule has 0 saturated carbocycles.